The molecule has 0 spiro atoms. The molecule has 0 aliphatic carbocycles. The Kier molecular flexibility index (Phi) is 3.27. The SMILES string of the molecule is Cc1n[nH]c(C)c1NC(=O)NCC(=O)O. The first-order valence-electron chi connectivity index (χ1n) is 4.29. The summed E-state index contributed by atoms with van der Waals surface area (Å²) in [5.41, 5.74) is 1.94. The van der Waals surface area contributed by atoms with Crippen molar-refractivity contribution in [3.8, 4) is 0 Å². The van der Waals surface area contributed by atoms with Crippen LogP contribution in [0.4, 0.5) is 10.5 Å². The quantitative estimate of drug-likeness (QED) is 0.575. The Morgan fingerprint density at radius 3 is 2.60 bits per heavy atom. The van der Waals surface area contributed by atoms with Crippen molar-refractivity contribution in [2.45, 2.75) is 13.8 Å². The first-order chi connectivity index (χ1) is 7.00. The van der Waals surface area contributed by atoms with Crippen LogP contribution >= 0.6 is 0 Å². The minimum atomic E-state index is -1.09. The Balaban J connectivity index is 2.55. The van der Waals surface area contributed by atoms with Crippen molar-refractivity contribution in [1.82, 2.24) is 15.5 Å². The minimum Gasteiger partial charge on any atom is -0.480 e. The van der Waals surface area contributed by atoms with Gasteiger partial charge >= 0.3 is 12.0 Å². The van der Waals surface area contributed by atoms with Crippen molar-refractivity contribution in [3.63, 3.8) is 0 Å². The second kappa shape index (κ2) is 4.45. The Morgan fingerprint density at radius 1 is 1.47 bits per heavy atom. The van der Waals surface area contributed by atoms with E-state index in [1.807, 2.05) is 0 Å². The van der Waals surface area contributed by atoms with E-state index >= 15 is 0 Å². The molecular weight excluding hydrogens is 200 g/mol. The maximum atomic E-state index is 11.2. The van der Waals surface area contributed by atoms with Gasteiger partial charge in [0.05, 0.1) is 17.1 Å². The minimum absolute atomic E-state index is 0.415. The molecule has 0 aliphatic rings. The maximum absolute atomic E-state index is 11.2. The van der Waals surface area contributed by atoms with E-state index in [-0.39, 0.29) is 0 Å². The highest BCUT2D eigenvalue weighted by Gasteiger charge is 2.10. The van der Waals surface area contributed by atoms with Crippen molar-refractivity contribution < 1.29 is 14.7 Å². The third kappa shape index (κ3) is 2.97. The van der Waals surface area contributed by atoms with Gasteiger partial charge in [-0.2, -0.15) is 5.10 Å². The van der Waals surface area contributed by atoms with Gasteiger partial charge in [-0.25, -0.2) is 4.79 Å². The molecule has 0 radical (unpaired) electrons. The lowest BCUT2D eigenvalue weighted by Gasteiger charge is -2.05. The summed E-state index contributed by atoms with van der Waals surface area (Å²) in [5, 5.41) is 19.6. The normalized spacial score (nSPS) is 9.73. The largest absolute Gasteiger partial charge is 0.480 e. The van der Waals surface area contributed by atoms with Gasteiger partial charge in [0.15, 0.2) is 0 Å². The van der Waals surface area contributed by atoms with Crippen LogP contribution in [0.5, 0.6) is 0 Å². The van der Waals surface area contributed by atoms with E-state index < -0.39 is 18.5 Å². The number of H-pyrrole nitrogens is 1. The summed E-state index contributed by atoms with van der Waals surface area (Å²) in [6.45, 7) is 3.07. The summed E-state index contributed by atoms with van der Waals surface area (Å²) >= 11 is 0. The van der Waals surface area contributed by atoms with Crippen LogP contribution in [0.3, 0.4) is 0 Å². The molecule has 0 atom stereocenters. The molecule has 1 aromatic heterocycles. The van der Waals surface area contributed by atoms with Crippen molar-refractivity contribution in [1.29, 1.82) is 0 Å². The Bertz CT molecular complexity index is 366. The fraction of sp³-hybridized carbons (Fsp3) is 0.375. The summed E-state index contributed by atoms with van der Waals surface area (Å²) in [5.74, 6) is -1.09. The van der Waals surface area contributed by atoms with Gasteiger partial charge in [-0.05, 0) is 13.8 Å². The molecule has 1 heterocycles. The number of amides is 2. The number of carbonyl (C=O) groups is 2. The molecule has 1 aromatic rings. The fourth-order valence-electron chi connectivity index (χ4n) is 1.05. The summed E-state index contributed by atoms with van der Waals surface area (Å²) < 4.78 is 0. The number of aryl methyl sites for hydroxylation is 2. The number of anilines is 1. The van der Waals surface area contributed by atoms with Crippen molar-refractivity contribution in [3.05, 3.63) is 11.4 Å². The van der Waals surface area contributed by atoms with Crippen LogP contribution in [0.2, 0.25) is 0 Å². The van der Waals surface area contributed by atoms with Crippen LogP contribution in [-0.4, -0.2) is 33.8 Å². The van der Waals surface area contributed by atoms with Crippen molar-refractivity contribution in [2.24, 2.45) is 0 Å². The molecule has 7 nitrogen and oxygen atoms in total. The van der Waals surface area contributed by atoms with E-state index in [1.165, 1.54) is 0 Å². The molecule has 2 amide bonds. The molecule has 4 N–H and O–H groups in total. The topological polar surface area (TPSA) is 107 Å². The van der Waals surface area contributed by atoms with Gasteiger partial charge in [0.25, 0.3) is 0 Å². The second-order valence-corrected chi connectivity index (χ2v) is 3.01. The highest BCUT2D eigenvalue weighted by Crippen LogP contribution is 2.15. The molecular formula is C8H12N4O3. The number of aliphatic carboxylic acids is 1. The molecule has 0 saturated carbocycles. The fourth-order valence-corrected chi connectivity index (χ4v) is 1.05. The molecule has 1 rings (SSSR count). The summed E-state index contributed by atoms with van der Waals surface area (Å²) in [7, 11) is 0. The average molecular weight is 212 g/mol. The van der Waals surface area contributed by atoms with Crippen LogP contribution in [-0.2, 0) is 4.79 Å². The van der Waals surface area contributed by atoms with E-state index in [4.69, 9.17) is 5.11 Å². The van der Waals surface area contributed by atoms with Gasteiger partial charge in [0.1, 0.15) is 6.54 Å². The average Bonchev–Trinajstić information content (AvgIpc) is 2.46. The molecule has 0 aromatic carbocycles. The number of hydrogen-bond donors (Lipinski definition) is 4. The van der Waals surface area contributed by atoms with Gasteiger partial charge in [0, 0.05) is 0 Å². The lowest BCUT2D eigenvalue weighted by atomic mass is 10.3. The number of hydrogen-bond acceptors (Lipinski definition) is 3. The highest BCUT2D eigenvalue weighted by molar-refractivity contribution is 5.92. The summed E-state index contributed by atoms with van der Waals surface area (Å²) in [4.78, 5) is 21.4. The Hall–Kier alpha value is -2.05. The van der Waals surface area contributed by atoms with E-state index in [9.17, 15) is 9.59 Å². The summed E-state index contributed by atoms with van der Waals surface area (Å²) in [6.07, 6.45) is 0. The van der Waals surface area contributed by atoms with Gasteiger partial charge in [-0.3, -0.25) is 9.89 Å². The van der Waals surface area contributed by atoms with Crippen LogP contribution in [0.15, 0.2) is 0 Å². The predicted octanol–water partition coefficient (Wildman–Crippen LogP) is 0.233. The molecule has 0 bridgehead atoms. The number of rotatable bonds is 3. The van der Waals surface area contributed by atoms with Gasteiger partial charge in [-0.15, -0.1) is 0 Å². The number of aromatic nitrogens is 2. The number of carboxylic acids is 1. The van der Waals surface area contributed by atoms with Crippen LogP contribution in [0, 0.1) is 13.8 Å². The van der Waals surface area contributed by atoms with E-state index in [0.717, 1.165) is 5.69 Å². The van der Waals surface area contributed by atoms with Gasteiger partial charge < -0.3 is 15.7 Å². The zero-order valence-electron chi connectivity index (χ0n) is 8.42. The highest BCUT2D eigenvalue weighted by atomic mass is 16.4. The first-order valence-corrected chi connectivity index (χ1v) is 4.29. The third-order valence-electron chi connectivity index (χ3n) is 1.77. The predicted molar refractivity (Wildman–Crippen MR) is 52.7 cm³/mol. The van der Waals surface area contributed by atoms with E-state index in [1.54, 1.807) is 13.8 Å². The van der Waals surface area contributed by atoms with E-state index in [2.05, 4.69) is 20.8 Å². The zero-order valence-corrected chi connectivity index (χ0v) is 8.42. The van der Waals surface area contributed by atoms with Crippen LogP contribution in [0.1, 0.15) is 11.4 Å². The smallest absolute Gasteiger partial charge is 0.323 e. The Morgan fingerprint density at radius 2 is 2.13 bits per heavy atom. The third-order valence-corrected chi connectivity index (χ3v) is 1.77. The number of nitrogens with one attached hydrogen (secondary N) is 3. The molecule has 0 unspecified atom stereocenters. The van der Waals surface area contributed by atoms with Gasteiger partial charge in [-0.1, -0.05) is 0 Å². The molecule has 0 aliphatic heterocycles. The molecule has 0 saturated heterocycles. The number of carbonyl (C=O) groups excluding carboxylic acids is 1. The zero-order chi connectivity index (χ0) is 11.4. The molecule has 0 fully saturated rings. The van der Waals surface area contributed by atoms with E-state index in [0.29, 0.717) is 11.4 Å². The number of nitrogens with zero attached hydrogens (tertiary/aromatic N) is 1. The van der Waals surface area contributed by atoms with Crippen LogP contribution < -0.4 is 10.6 Å². The summed E-state index contributed by atoms with van der Waals surface area (Å²) in [6, 6.07) is -0.565. The number of aromatic amines is 1. The first kappa shape index (κ1) is 11.0. The maximum Gasteiger partial charge on any atom is 0.323 e. The molecule has 7 heteroatoms. The molecule has 15 heavy (non-hydrogen) atoms. The standard InChI is InChI=1S/C8H12N4O3/c1-4-7(5(2)12-11-4)10-8(15)9-3-6(13)14/h3H2,1-2H3,(H,11,12)(H,13,14)(H2,9,10,15). The monoisotopic (exact) mass is 212 g/mol. The number of carboxylic acid groups (broad SMARTS) is 1. The lowest BCUT2D eigenvalue weighted by molar-refractivity contribution is -0.135. The number of urea groups is 1. The molecule has 82 valence electrons. The van der Waals surface area contributed by atoms with Crippen molar-refractivity contribution in [2.75, 3.05) is 11.9 Å². The Labute approximate surface area is 85.9 Å². The van der Waals surface area contributed by atoms with Crippen LogP contribution in [0.25, 0.3) is 0 Å². The van der Waals surface area contributed by atoms with Crippen molar-refractivity contribution >= 4 is 17.7 Å². The second-order valence-electron chi connectivity index (χ2n) is 3.01. The van der Waals surface area contributed by atoms with Gasteiger partial charge in [0.2, 0.25) is 0 Å². The lowest BCUT2D eigenvalue weighted by Crippen LogP contribution is -2.33.